The first kappa shape index (κ1) is 12.4. The van der Waals surface area contributed by atoms with Gasteiger partial charge in [0.2, 0.25) is 5.82 Å². The number of hydrogen-bond donors (Lipinski definition) is 2. The van der Waals surface area contributed by atoms with E-state index >= 15 is 0 Å². The van der Waals surface area contributed by atoms with Gasteiger partial charge in [0.1, 0.15) is 5.82 Å². The molecule has 0 unspecified atom stereocenters. The van der Waals surface area contributed by atoms with E-state index in [9.17, 15) is 10.1 Å². The van der Waals surface area contributed by atoms with Crippen LogP contribution in [0.15, 0.2) is 36.4 Å². The quantitative estimate of drug-likeness (QED) is 0.502. The second-order valence-corrected chi connectivity index (χ2v) is 4.57. The van der Waals surface area contributed by atoms with Gasteiger partial charge in [-0.05, 0) is 17.2 Å². The van der Waals surface area contributed by atoms with Crippen LogP contribution in [-0.2, 0) is 13.1 Å². The van der Waals surface area contributed by atoms with Crippen molar-refractivity contribution in [2.45, 2.75) is 13.1 Å². The third kappa shape index (κ3) is 2.04. The van der Waals surface area contributed by atoms with Gasteiger partial charge in [-0.1, -0.05) is 24.3 Å². The first-order valence-corrected chi connectivity index (χ1v) is 6.13. The van der Waals surface area contributed by atoms with Crippen molar-refractivity contribution in [3.05, 3.63) is 57.6 Å². The Morgan fingerprint density at radius 3 is 2.40 bits per heavy atom. The van der Waals surface area contributed by atoms with Crippen molar-refractivity contribution in [3.63, 3.8) is 0 Å². The van der Waals surface area contributed by atoms with E-state index in [1.54, 1.807) is 0 Å². The van der Waals surface area contributed by atoms with E-state index in [1.807, 2.05) is 29.2 Å². The van der Waals surface area contributed by atoms with Crippen molar-refractivity contribution in [2.75, 3.05) is 10.3 Å². The third-order valence-electron chi connectivity index (χ3n) is 3.34. The van der Waals surface area contributed by atoms with Crippen LogP contribution in [0.3, 0.4) is 0 Å². The lowest BCUT2D eigenvalue weighted by atomic mass is 10.1. The second kappa shape index (κ2) is 4.78. The minimum Gasteiger partial charge on any atom is -0.342 e. The summed E-state index contributed by atoms with van der Waals surface area (Å²) < 4.78 is 0. The molecule has 3 N–H and O–H groups in total. The highest BCUT2D eigenvalue weighted by molar-refractivity contribution is 5.63. The van der Waals surface area contributed by atoms with Crippen LogP contribution in [-0.4, -0.2) is 9.91 Å². The maximum Gasteiger partial charge on any atom is 0.311 e. The lowest BCUT2D eigenvalue weighted by Gasteiger charge is -2.17. The fourth-order valence-corrected chi connectivity index (χ4v) is 2.38. The maximum atomic E-state index is 11.1. The van der Waals surface area contributed by atoms with Gasteiger partial charge < -0.3 is 10.3 Å². The van der Waals surface area contributed by atoms with Crippen LogP contribution in [0.25, 0.3) is 0 Å². The van der Waals surface area contributed by atoms with Gasteiger partial charge in [0, 0.05) is 19.2 Å². The Kier molecular flexibility index (Phi) is 2.96. The number of nitrogens with two attached hydrogens (primary N) is 1. The van der Waals surface area contributed by atoms with Gasteiger partial charge in [-0.15, -0.1) is 0 Å². The summed E-state index contributed by atoms with van der Waals surface area (Å²) in [6.45, 7) is 1.22. The molecule has 1 aliphatic heterocycles. The molecule has 2 heterocycles. The molecule has 0 aliphatic carbocycles. The Morgan fingerprint density at radius 1 is 1.20 bits per heavy atom. The Morgan fingerprint density at radius 2 is 1.85 bits per heavy atom. The van der Waals surface area contributed by atoms with E-state index in [1.165, 1.54) is 12.1 Å². The van der Waals surface area contributed by atoms with Crippen molar-refractivity contribution >= 4 is 17.3 Å². The van der Waals surface area contributed by atoms with Crippen LogP contribution in [0.2, 0.25) is 0 Å². The number of pyridine rings is 1. The SMILES string of the molecule is NNc1ccc([N+](=O)[O-])c(N2Cc3ccccc3C2)n1. The molecule has 0 spiro atoms. The first-order chi connectivity index (χ1) is 9.69. The van der Waals surface area contributed by atoms with E-state index in [-0.39, 0.29) is 5.69 Å². The molecule has 0 saturated carbocycles. The van der Waals surface area contributed by atoms with Gasteiger partial charge in [-0.2, -0.15) is 0 Å². The predicted octanol–water partition coefficient (Wildman–Crippen LogP) is 1.80. The maximum absolute atomic E-state index is 11.1. The topological polar surface area (TPSA) is 97.3 Å². The standard InChI is InChI=1S/C13H13N5O2/c14-16-12-6-5-11(18(19)20)13(15-12)17-7-9-3-1-2-4-10(9)8-17/h1-6H,7-8,14H2,(H,15,16). The van der Waals surface area contributed by atoms with E-state index in [0.717, 1.165) is 11.1 Å². The zero-order valence-electron chi connectivity index (χ0n) is 10.6. The highest BCUT2D eigenvalue weighted by atomic mass is 16.6. The molecule has 1 aromatic carbocycles. The van der Waals surface area contributed by atoms with Gasteiger partial charge in [0.05, 0.1) is 4.92 Å². The highest BCUT2D eigenvalue weighted by Gasteiger charge is 2.26. The number of aromatic nitrogens is 1. The van der Waals surface area contributed by atoms with Crippen LogP contribution in [0.5, 0.6) is 0 Å². The predicted molar refractivity (Wildman–Crippen MR) is 75.0 cm³/mol. The van der Waals surface area contributed by atoms with Gasteiger partial charge in [0.25, 0.3) is 0 Å². The first-order valence-electron chi connectivity index (χ1n) is 6.13. The molecule has 1 aromatic heterocycles. The molecule has 0 radical (unpaired) electrons. The highest BCUT2D eigenvalue weighted by Crippen LogP contribution is 2.33. The van der Waals surface area contributed by atoms with Crippen molar-refractivity contribution in [3.8, 4) is 0 Å². The normalized spacial score (nSPS) is 13.2. The Bertz CT molecular complexity index is 649. The van der Waals surface area contributed by atoms with Gasteiger partial charge >= 0.3 is 5.69 Å². The molecule has 1 aliphatic rings. The molecule has 3 rings (SSSR count). The lowest BCUT2D eigenvalue weighted by Crippen LogP contribution is -2.19. The summed E-state index contributed by atoms with van der Waals surface area (Å²) in [5.41, 5.74) is 4.72. The Hall–Kier alpha value is -2.67. The molecule has 0 atom stereocenters. The number of hydrogen-bond acceptors (Lipinski definition) is 6. The van der Waals surface area contributed by atoms with Crippen molar-refractivity contribution in [2.24, 2.45) is 5.84 Å². The zero-order chi connectivity index (χ0) is 14.1. The fraction of sp³-hybridized carbons (Fsp3) is 0.154. The minimum atomic E-state index is -0.425. The largest absolute Gasteiger partial charge is 0.342 e. The van der Waals surface area contributed by atoms with Crippen molar-refractivity contribution in [1.82, 2.24) is 4.98 Å². The summed E-state index contributed by atoms with van der Waals surface area (Å²) in [6, 6.07) is 10.9. The Labute approximate surface area is 115 Å². The van der Waals surface area contributed by atoms with E-state index in [0.29, 0.717) is 24.7 Å². The van der Waals surface area contributed by atoms with E-state index in [2.05, 4.69) is 10.4 Å². The number of anilines is 2. The number of nitrogens with zero attached hydrogens (tertiary/aromatic N) is 3. The van der Waals surface area contributed by atoms with Crippen LogP contribution < -0.4 is 16.2 Å². The van der Waals surface area contributed by atoms with Crippen LogP contribution in [0.1, 0.15) is 11.1 Å². The fourth-order valence-electron chi connectivity index (χ4n) is 2.38. The van der Waals surface area contributed by atoms with Crippen molar-refractivity contribution in [1.29, 1.82) is 0 Å². The average molecular weight is 271 g/mol. The van der Waals surface area contributed by atoms with E-state index < -0.39 is 4.92 Å². The summed E-state index contributed by atoms with van der Waals surface area (Å²) in [4.78, 5) is 16.8. The molecule has 0 fully saturated rings. The molecule has 0 saturated heterocycles. The molecule has 7 heteroatoms. The number of nitrogen functional groups attached to an aromatic ring is 1. The zero-order valence-corrected chi connectivity index (χ0v) is 10.6. The number of rotatable bonds is 3. The molecular weight excluding hydrogens is 258 g/mol. The van der Waals surface area contributed by atoms with E-state index in [4.69, 9.17) is 5.84 Å². The molecule has 0 amide bonds. The van der Waals surface area contributed by atoms with Crippen molar-refractivity contribution < 1.29 is 4.92 Å². The van der Waals surface area contributed by atoms with Crippen LogP contribution >= 0.6 is 0 Å². The molecular formula is C13H13N5O2. The molecule has 20 heavy (non-hydrogen) atoms. The number of hydrazine groups is 1. The summed E-state index contributed by atoms with van der Waals surface area (Å²) >= 11 is 0. The Balaban J connectivity index is 2.00. The summed E-state index contributed by atoms with van der Waals surface area (Å²) in [6.07, 6.45) is 0. The van der Waals surface area contributed by atoms with Crippen LogP contribution in [0.4, 0.5) is 17.3 Å². The minimum absolute atomic E-state index is 0.0168. The summed E-state index contributed by atoms with van der Waals surface area (Å²) in [7, 11) is 0. The van der Waals surface area contributed by atoms with Gasteiger partial charge in [-0.25, -0.2) is 10.8 Å². The smallest absolute Gasteiger partial charge is 0.311 e. The summed E-state index contributed by atoms with van der Waals surface area (Å²) in [5.74, 6) is 6.07. The van der Waals surface area contributed by atoms with Gasteiger partial charge in [0.15, 0.2) is 0 Å². The number of fused-ring (bicyclic) bond motifs is 1. The number of nitrogens with one attached hydrogen (secondary N) is 1. The second-order valence-electron chi connectivity index (χ2n) is 4.57. The summed E-state index contributed by atoms with van der Waals surface area (Å²) in [5, 5.41) is 11.1. The average Bonchev–Trinajstić information content (AvgIpc) is 2.90. The molecule has 7 nitrogen and oxygen atoms in total. The number of nitro groups is 1. The number of benzene rings is 1. The third-order valence-corrected chi connectivity index (χ3v) is 3.34. The molecule has 0 bridgehead atoms. The monoisotopic (exact) mass is 271 g/mol. The lowest BCUT2D eigenvalue weighted by molar-refractivity contribution is -0.384. The molecule has 2 aromatic rings. The van der Waals surface area contributed by atoms with Crippen LogP contribution in [0, 0.1) is 10.1 Å². The van der Waals surface area contributed by atoms with Gasteiger partial charge in [-0.3, -0.25) is 10.1 Å². The molecule has 102 valence electrons.